The number of fused-ring (bicyclic) bond motifs is 10. The van der Waals surface area contributed by atoms with Crippen molar-refractivity contribution in [2.75, 3.05) is 0 Å². The minimum Gasteiger partial charge on any atom is -0.455 e. The van der Waals surface area contributed by atoms with E-state index >= 15 is 0 Å². The fourth-order valence-electron chi connectivity index (χ4n) is 9.50. The Morgan fingerprint density at radius 3 is 1.48 bits per heavy atom. The molecule has 0 radical (unpaired) electrons. The summed E-state index contributed by atoms with van der Waals surface area (Å²) in [6, 6.07) is 74.4. The standard InChI is InChI=1S/C57H35N5O/c1-3-15-36(16-4-1)37-27-29-40(30-28-37)56-58-55(39-17-5-2-6-18-39)59-57(60-56)62-50-25-13-9-22-45(50)52-53(62)46(35-47-44-21-10-14-26-51(44)63-54(47)52)38-31-33-41(34-32-38)61-48-23-11-7-19-42(48)43-20-8-12-24-49(43)61/h1-35H. The fraction of sp³-hybridized carbons (Fsp3) is 0. The zero-order chi connectivity index (χ0) is 41.4. The molecular formula is C57H35N5O. The van der Waals surface area contributed by atoms with E-state index in [9.17, 15) is 0 Å². The molecule has 13 rings (SSSR count). The van der Waals surface area contributed by atoms with Crippen molar-refractivity contribution in [3.05, 3.63) is 212 Å². The van der Waals surface area contributed by atoms with Crippen molar-refractivity contribution in [2.45, 2.75) is 0 Å². The van der Waals surface area contributed by atoms with Crippen LogP contribution in [0.1, 0.15) is 0 Å². The molecule has 0 saturated carbocycles. The number of hydrogen-bond acceptors (Lipinski definition) is 4. The Hall–Kier alpha value is -8.61. The molecule has 0 atom stereocenters. The van der Waals surface area contributed by atoms with E-state index in [2.05, 4.69) is 185 Å². The van der Waals surface area contributed by atoms with Gasteiger partial charge in [-0.3, -0.25) is 4.57 Å². The maximum atomic E-state index is 6.83. The number of rotatable bonds is 6. The molecular weight excluding hydrogens is 771 g/mol. The molecule has 0 spiro atoms. The van der Waals surface area contributed by atoms with Crippen LogP contribution in [0.4, 0.5) is 0 Å². The second-order valence-electron chi connectivity index (χ2n) is 16.0. The molecule has 0 unspecified atom stereocenters. The van der Waals surface area contributed by atoms with Gasteiger partial charge in [0, 0.05) is 49.3 Å². The molecule has 0 bridgehead atoms. The van der Waals surface area contributed by atoms with Crippen LogP contribution in [0, 0.1) is 0 Å². The van der Waals surface area contributed by atoms with E-state index in [1.54, 1.807) is 0 Å². The lowest BCUT2D eigenvalue weighted by Gasteiger charge is -2.14. The summed E-state index contributed by atoms with van der Waals surface area (Å²) in [6.07, 6.45) is 0. The minimum atomic E-state index is 0.524. The highest BCUT2D eigenvalue weighted by atomic mass is 16.3. The van der Waals surface area contributed by atoms with Crippen LogP contribution in [0.25, 0.3) is 122 Å². The lowest BCUT2D eigenvalue weighted by atomic mass is 9.98. The van der Waals surface area contributed by atoms with Gasteiger partial charge in [-0.05, 0) is 59.2 Å². The molecule has 0 saturated heterocycles. The highest BCUT2D eigenvalue weighted by Gasteiger charge is 2.25. The van der Waals surface area contributed by atoms with Crippen molar-refractivity contribution < 1.29 is 4.42 Å². The van der Waals surface area contributed by atoms with Crippen molar-refractivity contribution >= 4 is 65.6 Å². The van der Waals surface area contributed by atoms with Crippen LogP contribution in [-0.4, -0.2) is 24.1 Å². The van der Waals surface area contributed by atoms with E-state index < -0.39 is 0 Å². The van der Waals surface area contributed by atoms with Crippen molar-refractivity contribution in [2.24, 2.45) is 0 Å². The molecule has 0 amide bonds. The maximum Gasteiger partial charge on any atom is 0.238 e. The number of hydrogen-bond donors (Lipinski definition) is 0. The summed E-state index contributed by atoms with van der Waals surface area (Å²) in [5.41, 5.74) is 13.3. The van der Waals surface area contributed by atoms with Gasteiger partial charge in [0.05, 0.1) is 27.5 Å². The van der Waals surface area contributed by atoms with E-state index in [-0.39, 0.29) is 0 Å². The van der Waals surface area contributed by atoms with Crippen LogP contribution in [-0.2, 0) is 0 Å². The third-order valence-electron chi connectivity index (χ3n) is 12.4. The average molecular weight is 806 g/mol. The van der Waals surface area contributed by atoms with Crippen LogP contribution in [0.2, 0.25) is 0 Å². The van der Waals surface area contributed by atoms with Gasteiger partial charge < -0.3 is 8.98 Å². The number of aromatic nitrogens is 5. The van der Waals surface area contributed by atoms with Crippen LogP contribution in [0.5, 0.6) is 0 Å². The average Bonchev–Trinajstić information content (AvgIpc) is 4.02. The van der Waals surface area contributed by atoms with Gasteiger partial charge in [-0.25, -0.2) is 4.98 Å². The summed E-state index contributed by atoms with van der Waals surface area (Å²) in [5, 5.41) is 6.66. The molecule has 6 heteroatoms. The van der Waals surface area contributed by atoms with Gasteiger partial charge in [0.1, 0.15) is 11.2 Å². The highest BCUT2D eigenvalue weighted by molar-refractivity contribution is 6.27. The Balaban J connectivity index is 1.08. The number of para-hydroxylation sites is 4. The normalized spacial score (nSPS) is 11.8. The van der Waals surface area contributed by atoms with E-state index in [1.807, 2.05) is 36.4 Å². The van der Waals surface area contributed by atoms with Gasteiger partial charge >= 0.3 is 0 Å². The first kappa shape index (κ1) is 35.2. The molecule has 0 aliphatic heterocycles. The molecule has 6 nitrogen and oxygen atoms in total. The molecule has 0 aliphatic carbocycles. The maximum absolute atomic E-state index is 6.83. The van der Waals surface area contributed by atoms with Gasteiger partial charge in [0.2, 0.25) is 5.95 Å². The van der Waals surface area contributed by atoms with Crippen molar-refractivity contribution in [1.82, 2.24) is 24.1 Å². The summed E-state index contributed by atoms with van der Waals surface area (Å²) in [7, 11) is 0. The molecule has 4 heterocycles. The topological polar surface area (TPSA) is 61.7 Å². The summed E-state index contributed by atoms with van der Waals surface area (Å²) >= 11 is 0. The highest BCUT2D eigenvalue weighted by Crippen LogP contribution is 2.45. The molecule has 9 aromatic carbocycles. The molecule has 13 aromatic rings. The Kier molecular flexibility index (Phi) is 7.80. The quantitative estimate of drug-likeness (QED) is 0.168. The molecule has 0 N–H and O–H groups in total. The lowest BCUT2D eigenvalue weighted by molar-refractivity contribution is 0.673. The minimum absolute atomic E-state index is 0.524. The van der Waals surface area contributed by atoms with Gasteiger partial charge in [-0.1, -0.05) is 170 Å². The third-order valence-corrected chi connectivity index (χ3v) is 12.4. The van der Waals surface area contributed by atoms with Crippen LogP contribution in [0.15, 0.2) is 217 Å². The lowest BCUT2D eigenvalue weighted by Crippen LogP contribution is -2.07. The SMILES string of the molecule is c1ccc(-c2ccc(-c3nc(-c4ccccc4)nc(-n4c5ccccc5c5c6oc7ccccc7c6cc(-c6ccc(-n7c8ccccc8c8ccccc87)cc6)c54)n3)cc2)cc1. The molecule has 63 heavy (non-hydrogen) atoms. The molecule has 4 aromatic heterocycles. The smallest absolute Gasteiger partial charge is 0.238 e. The molecule has 0 fully saturated rings. The third kappa shape index (κ3) is 5.55. The Bertz CT molecular complexity index is 3830. The van der Waals surface area contributed by atoms with E-state index in [0.29, 0.717) is 17.6 Å². The van der Waals surface area contributed by atoms with Crippen molar-refractivity contribution in [1.29, 1.82) is 0 Å². The number of furan rings is 1. The zero-order valence-corrected chi connectivity index (χ0v) is 33.9. The number of benzene rings is 9. The van der Waals surface area contributed by atoms with Crippen molar-refractivity contribution in [3.63, 3.8) is 0 Å². The van der Waals surface area contributed by atoms with Gasteiger partial charge in [-0.15, -0.1) is 0 Å². The summed E-state index contributed by atoms with van der Waals surface area (Å²) in [6.45, 7) is 0. The fourth-order valence-corrected chi connectivity index (χ4v) is 9.50. The predicted molar refractivity (Wildman–Crippen MR) is 258 cm³/mol. The van der Waals surface area contributed by atoms with Crippen LogP contribution in [0.3, 0.4) is 0 Å². The van der Waals surface area contributed by atoms with Crippen molar-refractivity contribution in [3.8, 4) is 56.7 Å². The second kappa shape index (κ2) is 14.0. The zero-order valence-electron chi connectivity index (χ0n) is 33.9. The summed E-state index contributed by atoms with van der Waals surface area (Å²) < 4.78 is 11.4. The van der Waals surface area contributed by atoms with E-state index in [0.717, 1.165) is 82.8 Å². The first-order valence-corrected chi connectivity index (χ1v) is 21.2. The van der Waals surface area contributed by atoms with Gasteiger partial charge in [0.15, 0.2) is 11.6 Å². The van der Waals surface area contributed by atoms with Crippen LogP contribution < -0.4 is 0 Å². The van der Waals surface area contributed by atoms with E-state index in [1.165, 1.54) is 21.8 Å². The van der Waals surface area contributed by atoms with Gasteiger partial charge in [0.25, 0.3) is 0 Å². The van der Waals surface area contributed by atoms with Crippen LogP contribution >= 0.6 is 0 Å². The van der Waals surface area contributed by atoms with Gasteiger partial charge in [-0.2, -0.15) is 9.97 Å². The predicted octanol–water partition coefficient (Wildman–Crippen LogP) is 14.6. The van der Waals surface area contributed by atoms with E-state index in [4.69, 9.17) is 19.4 Å². The number of nitrogens with zero attached hydrogens (tertiary/aromatic N) is 5. The largest absolute Gasteiger partial charge is 0.455 e. The Morgan fingerprint density at radius 1 is 0.349 bits per heavy atom. The summed E-state index contributed by atoms with van der Waals surface area (Å²) in [4.78, 5) is 15.8. The monoisotopic (exact) mass is 805 g/mol. The second-order valence-corrected chi connectivity index (χ2v) is 16.0. The Morgan fingerprint density at radius 2 is 0.825 bits per heavy atom. The molecule has 294 valence electrons. The summed E-state index contributed by atoms with van der Waals surface area (Å²) in [5.74, 6) is 1.71. The first-order chi connectivity index (χ1) is 31.2. The Labute approximate surface area is 361 Å². The molecule has 0 aliphatic rings. The first-order valence-electron chi connectivity index (χ1n) is 21.2.